The van der Waals surface area contributed by atoms with Gasteiger partial charge in [-0.05, 0) is 50.9 Å². The van der Waals surface area contributed by atoms with Crippen molar-refractivity contribution < 1.29 is 19.2 Å². The van der Waals surface area contributed by atoms with E-state index in [1.54, 1.807) is 5.06 Å². The van der Waals surface area contributed by atoms with E-state index < -0.39 is 0 Å². The highest BCUT2D eigenvalue weighted by atomic mass is 32.2. The van der Waals surface area contributed by atoms with Gasteiger partial charge in [0.15, 0.2) is 0 Å². The first kappa shape index (κ1) is 23.3. The van der Waals surface area contributed by atoms with Crippen molar-refractivity contribution in [1.29, 1.82) is 0 Å². The lowest BCUT2D eigenvalue weighted by molar-refractivity contribution is -0.389. The summed E-state index contributed by atoms with van der Waals surface area (Å²) < 4.78 is 5.86. The van der Waals surface area contributed by atoms with E-state index in [-0.39, 0.29) is 29.4 Å². The molecule has 1 saturated carbocycles. The summed E-state index contributed by atoms with van der Waals surface area (Å²) in [7, 11) is 0. The molecule has 1 aliphatic carbocycles. The minimum absolute atomic E-state index is 0.0335. The van der Waals surface area contributed by atoms with Crippen LogP contribution in [0.2, 0.25) is 0 Å². The third kappa shape index (κ3) is 5.76. The second-order valence-electron chi connectivity index (χ2n) is 8.99. The fourth-order valence-corrected chi connectivity index (χ4v) is 6.07. The fraction of sp³-hybridized carbons (Fsp3) is 0.950. The van der Waals surface area contributed by atoms with Crippen LogP contribution in [0.1, 0.15) is 46.0 Å². The summed E-state index contributed by atoms with van der Waals surface area (Å²) in [6, 6.07) is -0.0335. The lowest BCUT2D eigenvalue weighted by atomic mass is 9.76. The van der Waals surface area contributed by atoms with Gasteiger partial charge in [-0.15, -0.1) is 9.90 Å². The summed E-state index contributed by atoms with van der Waals surface area (Å²) in [4.78, 5) is 27.5. The van der Waals surface area contributed by atoms with Crippen LogP contribution in [0.4, 0.5) is 0 Å². The largest absolute Gasteiger partial charge is 0.393 e. The number of aliphatic hydroxyl groups is 1. The molecule has 4 rings (SSSR count). The van der Waals surface area contributed by atoms with E-state index in [2.05, 4.69) is 12.2 Å². The van der Waals surface area contributed by atoms with Gasteiger partial charge in [-0.25, -0.2) is 4.89 Å². The normalized spacial score (nSPS) is 36.9. The van der Waals surface area contributed by atoms with E-state index in [0.717, 1.165) is 38.8 Å². The van der Waals surface area contributed by atoms with Crippen LogP contribution in [0.15, 0.2) is 10.3 Å². The molecule has 176 valence electrons. The number of aliphatic hydroxyl groups excluding tert-OH is 1. The van der Waals surface area contributed by atoms with Gasteiger partial charge in [0.2, 0.25) is 0 Å². The predicted octanol–water partition coefficient (Wildman–Crippen LogP) is 2.41. The van der Waals surface area contributed by atoms with Gasteiger partial charge in [0, 0.05) is 43.3 Å². The van der Waals surface area contributed by atoms with E-state index in [9.17, 15) is 10.0 Å². The molecule has 0 amide bonds. The van der Waals surface area contributed by atoms with E-state index in [4.69, 9.17) is 19.1 Å². The molecule has 11 heteroatoms. The van der Waals surface area contributed by atoms with Crippen molar-refractivity contribution >= 4 is 17.8 Å². The molecule has 3 heterocycles. The molecule has 0 aromatic heterocycles. The molecule has 10 nitrogen and oxygen atoms in total. The average molecular weight is 458 g/mol. The Hall–Kier alpha value is -0.820. The zero-order chi connectivity index (χ0) is 21.8. The van der Waals surface area contributed by atoms with Crippen LogP contribution in [0.5, 0.6) is 0 Å². The lowest BCUT2D eigenvalue weighted by Crippen LogP contribution is -2.53. The molecule has 1 N–H and O–H groups in total. The highest BCUT2D eigenvalue weighted by molar-refractivity contribution is 7.95. The number of hydrazine groups is 1. The zero-order valence-electron chi connectivity index (χ0n) is 18.5. The van der Waals surface area contributed by atoms with Gasteiger partial charge in [0.05, 0.1) is 37.2 Å². The lowest BCUT2D eigenvalue weighted by Gasteiger charge is -2.44. The highest BCUT2D eigenvalue weighted by Crippen LogP contribution is 2.43. The maximum Gasteiger partial charge on any atom is 0.111 e. The molecule has 0 aromatic carbocycles. The van der Waals surface area contributed by atoms with E-state index in [1.165, 1.54) is 22.9 Å². The Bertz CT molecular complexity index is 631. The molecule has 2 saturated heterocycles. The Kier molecular flexibility index (Phi) is 8.18. The summed E-state index contributed by atoms with van der Waals surface area (Å²) >= 11 is 1.43. The molecular weight excluding hydrogens is 422 g/mol. The summed E-state index contributed by atoms with van der Waals surface area (Å²) in [6.07, 6.45) is 4.02. The van der Waals surface area contributed by atoms with Crippen molar-refractivity contribution in [3.8, 4) is 0 Å². The number of aliphatic imine (C=N–C) groups is 1. The third-order valence-electron chi connectivity index (χ3n) is 6.67. The molecule has 4 aliphatic rings. The Morgan fingerprint density at radius 2 is 2.10 bits per heavy atom. The number of fused-ring (bicyclic) bond motifs is 1. The molecule has 3 fully saturated rings. The molecule has 31 heavy (non-hydrogen) atoms. The first-order valence-corrected chi connectivity index (χ1v) is 12.4. The van der Waals surface area contributed by atoms with Crippen LogP contribution >= 0.6 is 12.0 Å². The van der Waals surface area contributed by atoms with Crippen molar-refractivity contribution in [1.82, 2.24) is 15.2 Å². The van der Waals surface area contributed by atoms with Gasteiger partial charge in [-0.2, -0.15) is 15.2 Å². The molecule has 0 bridgehead atoms. The van der Waals surface area contributed by atoms with Crippen LogP contribution < -0.4 is 0 Å². The van der Waals surface area contributed by atoms with Crippen LogP contribution in [-0.2, 0) is 14.1 Å². The van der Waals surface area contributed by atoms with Gasteiger partial charge in [-0.1, -0.05) is 6.92 Å². The smallest absolute Gasteiger partial charge is 0.111 e. The van der Waals surface area contributed by atoms with E-state index in [1.807, 2.05) is 11.9 Å². The quantitative estimate of drug-likeness (QED) is 0.140. The molecule has 4 unspecified atom stereocenters. The average Bonchev–Trinajstić information content (AvgIpc) is 3.61. The Morgan fingerprint density at radius 3 is 2.77 bits per heavy atom. The van der Waals surface area contributed by atoms with Crippen LogP contribution in [0.3, 0.4) is 0 Å². The van der Waals surface area contributed by atoms with Crippen molar-refractivity contribution in [3.05, 3.63) is 4.91 Å². The number of hydrogen-bond donors (Lipinski definition) is 1. The Labute approximate surface area is 188 Å². The number of hydroxylamine groups is 2. The summed E-state index contributed by atoms with van der Waals surface area (Å²) in [5.41, 5.74) is 1.22. The SMILES string of the molecule is CCN(N=O)N1CC(CCOON2CC2)N=C(C2CCC(O)CC2)C2C(C)COSC21. The first-order chi connectivity index (χ1) is 15.1. The molecule has 3 aliphatic heterocycles. The fourth-order valence-electron chi connectivity index (χ4n) is 4.82. The number of rotatable bonds is 9. The second-order valence-corrected chi connectivity index (χ2v) is 9.91. The van der Waals surface area contributed by atoms with Crippen molar-refractivity contribution in [2.75, 3.05) is 39.4 Å². The second kappa shape index (κ2) is 10.9. The van der Waals surface area contributed by atoms with Gasteiger partial charge >= 0.3 is 0 Å². The minimum Gasteiger partial charge on any atom is -0.393 e. The van der Waals surface area contributed by atoms with Gasteiger partial charge < -0.3 is 9.29 Å². The number of hydrogen-bond acceptors (Lipinski definition) is 10. The molecule has 0 aromatic rings. The predicted molar refractivity (Wildman–Crippen MR) is 117 cm³/mol. The molecule has 0 spiro atoms. The molecular formula is C20H35N5O5S. The van der Waals surface area contributed by atoms with Crippen molar-refractivity contribution in [2.24, 2.45) is 28.0 Å². The van der Waals surface area contributed by atoms with Crippen LogP contribution in [0.25, 0.3) is 0 Å². The third-order valence-corrected chi connectivity index (χ3v) is 7.68. The minimum atomic E-state index is -0.204. The van der Waals surface area contributed by atoms with Crippen LogP contribution in [-0.4, -0.2) is 82.9 Å². The van der Waals surface area contributed by atoms with Crippen LogP contribution in [0, 0.1) is 22.7 Å². The van der Waals surface area contributed by atoms with Crippen molar-refractivity contribution in [2.45, 2.75) is 63.5 Å². The Balaban J connectivity index is 1.57. The summed E-state index contributed by atoms with van der Waals surface area (Å²) in [6.45, 7) is 8.11. The summed E-state index contributed by atoms with van der Waals surface area (Å²) in [5, 5.41) is 18.6. The van der Waals surface area contributed by atoms with Gasteiger partial charge in [-0.3, -0.25) is 4.99 Å². The van der Waals surface area contributed by atoms with E-state index in [0.29, 0.717) is 38.6 Å². The van der Waals surface area contributed by atoms with E-state index >= 15 is 0 Å². The highest BCUT2D eigenvalue weighted by Gasteiger charge is 2.46. The molecule has 4 atom stereocenters. The number of nitroso groups, excluding NO2 is 1. The topological polar surface area (TPSA) is 99.2 Å². The van der Waals surface area contributed by atoms with Gasteiger partial charge in [0.1, 0.15) is 5.37 Å². The monoisotopic (exact) mass is 457 g/mol. The maximum atomic E-state index is 11.6. The molecule has 0 radical (unpaired) electrons. The summed E-state index contributed by atoms with van der Waals surface area (Å²) in [5.74, 6) is 0.814. The standard InChI is InChI=1S/C20H35N5O5S/c1-3-25(22-27)24-12-16(8-11-28-30-23-9-10-23)21-19(15-4-6-17(26)7-5-15)18-14(2)13-29-31-20(18)24/h14-18,20,26H,3-13H2,1-2H3. The Morgan fingerprint density at radius 1 is 1.32 bits per heavy atom. The van der Waals surface area contributed by atoms with Gasteiger partial charge in [0.25, 0.3) is 0 Å². The first-order valence-electron chi connectivity index (χ1n) is 11.6. The van der Waals surface area contributed by atoms with Crippen molar-refractivity contribution in [3.63, 3.8) is 0 Å². The zero-order valence-corrected chi connectivity index (χ0v) is 19.3. The number of nitrogens with zero attached hydrogens (tertiary/aromatic N) is 5. The maximum absolute atomic E-state index is 11.6.